The summed E-state index contributed by atoms with van der Waals surface area (Å²) < 4.78 is 10.5. The van der Waals surface area contributed by atoms with Gasteiger partial charge in [-0.25, -0.2) is 0 Å². The fourth-order valence-corrected chi connectivity index (χ4v) is 3.49. The number of carbonyl (C=O) groups excluding carboxylic acids is 1. The van der Waals surface area contributed by atoms with Crippen LogP contribution in [0.4, 0.5) is 0 Å². The zero-order valence-corrected chi connectivity index (χ0v) is 16.8. The van der Waals surface area contributed by atoms with Crippen LogP contribution in [0.1, 0.15) is 18.9 Å². The molecular weight excluding hydrogens is 370 g/mol. The molecule has 0 heterocycles. The molecule has 6 heteroatoms. The van der Waals surface area contributed by atoms with E-state index in [4.69, 9.17) is 21.1 Å². The molecule has 1 atom stereocenters. The number of nitrogens with one attached hydrogen (secondary N) is 1. The summed E-state index contributed by atoms with van der Waals surface area (Å²) >= 11 is 7.37. The SMILES string of the molecule is COc1ccc(S[C@H](C)C(=O)NCCCc2ccc(Cl)cc2)cc1OC. The number of ether oxygens (including phenoxy) is 2. The van der Waals surface area contributed by atoms with E-state index < -0.39 is 0 Å². The number of hydrogen-bond donors (Lipinski definition) is 1. The number of rotatable bonds is 9. The Morgan fingerprint density at radius 1 is 1.12 bits per heavy atom. The molecule has 0 aliphatic heterocycles. The van der Waals surface area contributed by atoms with Crippen LogP contribution in [0.15, 0.2) is 47.4 Å². The molecule has 0 aliphatic rings. The van der Waals surface area contributed by atoms with Gasteiger partial charge in [0.05, 0.1) is 19.5 Å². The number of halogens is 1. The minimum Gasteiger partial charge on any atom is -0.493 e. The summed E-state index contributed by atoms with van der Waals surface area (Å²) in [5, 5.41) is 3.54. The van der Waals surface area contributed by atoms with Gasteiger partial charge in [-0.1, -0.05) is 23.7 Å². The third-order valence-electron chi connectivity index (χ3n) is 3.89. The van der Waals surface area contributed by atoms with E-state index in [0.717, 1.165) is 22.8 Å². The Morgan fingerprint density at radius 2 is 1.81 bits per heavy atom. The van der Waals surface area contributed by atoms with E-state index in [1.54, 1.807) is 14.2 Å². The zero-order valence-electron chi connectivity index (χ0n) is 15.3. The molecule has 1 N–H and O–H groups in total. The fourth-order valence-electron chi connectivity index (χ4n) is 2.45. The molecule has 2 aromatic rings. The van der Waals surface area contributed by atoms with Gasteiger partial charge in [-0.2, -0.15) is 0 Å². The summed E-state index contributed by atoms with van der Waals surface area (Å²) in [4.78, 5) is 13.2. The fraction of sp³-hybridized carbons (Fsp3) is 0.350. The summed E-state index contributed by atoms with van der Waals surface area (Å²) in [6.07, 6.45) is 1.80. The molecule has 0 unspecified atom stereocenters. The highest BCUT2D eigenvalue weighted by molar-refractivity contribution is 8.00. The van der Waals surface area contributed by atoms with Crippen molar-refractivity contribution in [2.75, 3.05) is 20.8 Å². The first-order valence-electron chi connectivity index (χ1n) is 8.44. The van der Waals surface area contributed by atoms with E-state index in [1.165, 1.54) is 17.3 Å². The summed E-state index contributed by atoms with van der Waals surface area (Å²) in [6.45, 7) is 2.55. The van der Waals surface area contributed by atoms with Crippen LogP contribution in [0.2, 0.25) is 5.02 Å². The van der Waals surface area contributed by atoms with Gasteiger partial charge in [0.15, 0.2) is 11.5 Å². The summed E-state index contributed by atoms with van der Waals surface area (Å²) in [6, 6.07) is 13.5. The highest BCUT2D eigenvalue weighted by atomic mass is 35.5. The predicted molar refractivity (Wildman–Crippen MR) is 108 cm³/mol. The predicted octanol–water partition coefficient (Wildman–Crippen LogP) is 4.59. The van der Waals surface area contributed by atoms with Crippen molar-refractivity contribution >= 4 is 29.3 Å². The van der Waals surface area contributed by atoms with Crippen molar-refractivity contribution in [1.82, 2.24) is 5.32 Å². The van der Waals surface area contributed by atoms with Crippen LogP contribution < -0.4 is 14.8 Å². The van der Waals surface area contributed by atoms with Gasteiger partial charge in [0, 0.05) is 16.5 Å². The molecule has 0 spiro atoms. The highest BCUT2D eigenvalue weighted by Crippen LogP contribution is 2.33. The van der Waals surface area contributed by atoms with E-state index >= 15 is 0 Å². The second-order valence-corrected chi connectivity index (χ2v) is 7.65. The van der Waals surface area contributed by atoms with Gasteiger partial charge >= 0.3 is 0 Å². The minimum absolute atomic E-state index is 0.0286. The van der Waals surface area contributed by atoms with Gasteiger partial charge in [-0.15, -0.1) is 11.8 Å². The van der Waals surface area contributed by atoms with Crippen LogP contribution in [0.5, 0.6) is 11.5 Å². The Hall–Kier alpha value is -1.85. The number of amides is 1. The van der Waals surface area contributed by atoms with Crippen molar-refractivity contribution in [3.63, 3.8) is 0 Å². The number of hydrogen-bond acceptors (Lipinski definition) is 4. The maximum atomic E-state index is 12.3. The number of methoxy groups -OCH3 is 2. The lowest BCUT2D eigenvalue weighted by atomic mass is 10.1. The van der Waals surface area contributed by atoms with Gasteiger partial charge < -0.3 is 14.8 Å². The molecular formula is C20H24ClNO3S. The molecule has 0 aliphatic carbocycles. The van der Waals surface area contributed by atoms with Gasteiger partial charge in [0.2, 0.25) is 5.91 Å². The Morgan fingerprint density at radius 3 is 2.46 bits per heavy atom. The van der Waals surface area contributed by atoms with Crippen molar-refractivity contribution < 1.29 is 14.3 Å². The van der Waals surface area contributed by atoms with E-state index in [9.17, 15) is 4.79 Å². The monoisotopic (exact) mass is 393 g/mol. The molecule has 0 saturated carbocycles. The quantitative estimate of drug-likeness (QED) is 0.500. The topological polar surface area (TPSA) is 47.6 Å². The first kappa shape index (κ1) is 20.5. The van der Waals surface area contributed by atoms with E-state index in [0.29, 0.717) is 18.0 Å². The third-order valence-corrected chi connectivity index (χ3v) is 5.24. The second-order valence-electron chi connectivity index (χ2n) is 5.80. The highest BCUT2D eigenvalue weighted by Gasteiger charge is 2.15. The molecule has 0 aromatic heterocycles. The number of thioether (sulfide) groups is 1. The zero-order chi connectivity index (χ0) is 18.9. The molecule has 4 nitrogen and oxygen atoms in total. The lowest BCUT2D eigenvalue weighted by Gasteiger charge is -2.14. The van der Waals surface area contributed by atoms with Gasteiger partial charge in [-0.05, 0) is 55.7 Å². The molecule has 0 bridgehead atoms. The minimum atomic E-state index is -0.191. The average Bonchev–Trinajstić information content (AvgIpc) is 2.66. The molecule has 0 saturated heterocycles. The Kier molecular flexibility index (Phi) is 8.13. The summed E-state index contributed by atoms with van der Waals surface area (Å²) in [5.41, 5.74) is 1.22. The van der Waals surface area contributed by atoms with Crippen molar-refractivity contribution in [3.05, 3.63) is 53.1 Å². The van der Waals surface area contributed by atoms with Crippen LogP contribution in [0, 0.1) is 0 Å². The third kappa shape index (κ3) is 6.15. The van der Waals surface area contributed by atoms with Crippen LogP contribution in [0.25, 0.3) is 0 Å². The Labute approximate surface area is 164 Å². The van der Waals surface area contributed by atoms with E-state index in [-0.39, 0.29) is 11.2 Å². The van der Waals surface area contributed by atoms with Crippen molar-refractivity contribution in [1.29, 1.82) is 0 Å². The Bertz CT molecular complexity index is 721. The molecule has 26 heavy (non-hydrogen) atoms. The lowest BCUT2D eigenvalue weighted by molar-refractivity contribution is -0.120. The number of benzene rings is 2. The van der Waals surface area contributed by atoms with Crippen LogP contribution in [-0.2, 0) is 11.2 Å². The maximum absolute atomic E-state index is 12.3. The number of carbonyl (C=O) groups is 1. The first-order chi connectivity index (χ1) is 12.5. The standard InChI is InChI=1S/C20H24ClNO3S/c1-14(26-17-10-11-18(24-2)19(13-17)25-3)20(23)22-12-4-5-15-6-8-16(21)9-7-15/h6-11,13-14H,4-5,12H2,1-3H3,(H,22,23)/t14-/m1/s1. The van der Waals surface area contributed by atoms with Gasteiger partial charge in [0.25, 0.3) is 0 Å². The summed E-state index contributed by atoms with van der Waals surface area (Å²) in [5.74, 6) is 1.37. The van der Waals surface area contributed by atoms with Crippen LogP contribution in [-0.4, -0.2) is 31.9 Å². The summed E-state index contributed by atoms with van der Waals surface area (Å²) in [7, 11) is 3.20. The molecule has 1 amide bonds. The van der Waals surface area contributed by atoms with Gasteiger partial charge in [-0.3, -0.25) is 4.79 Å². The smallest absolute Gasteiger partial charge is 0.233 e. The largest absolute Gasteiger partial charge is 0.493 e. The van der Waals surface area contributed by atoms with Crippen LogP contribution >= 0.6 is 23.4 Å². The van der Waals surface area contributed by atoms with Gasteiger partial charge in [0.1, 0.15) is 0 Å². The van der Waals surface area contributed by atoms with Crippen molar-refractivity contribution in [2.45, 2.75) is 29.9 Å². The van der Waals surface area contributed by atoms with Crippen molar-refractivity contribution in [3.8, 4) is 11.5 Å². The normalized spacial score (nSPS) is 11.7. The molecule has 0 fully saturated rings. The molecule has 2 aromatic carbocycles. The number of aryl methyl sites for hydroxylation is 1. The van der Waals surface area contributed by atoms with E-state index in [2.05, 4.69) is 5.32 Å². The lowest BCUT2D eigenvalue weighted by Crippen LogP contribution is -2.31. The molecule has 140 valence electrons. The Balaban J connectivity index is 1.77. The van der Waals surface area contributed by atoms with Crippen LogP contribution in [0.3, 0.4) is 0 Å². The van der Waals surface area contributed by atoms with Crippen molar-refractivity contribution in [2.24, 2.45) is 0 Å². The maximum Gasteiger partial charge on any atom is 0.233 e. The average molecular weight is 394 g/mol. The first-order valence-corrected chi connectivity index (χ1v) is 9.70. The van der Waals surface area contributed by atoms with E-state index in [1.807, 2.05) is 49.4 Å². The second kappa shape index (κ2) is 10.3. The molecule has 0 radical (unpaired) electrons. The molecule has 2 rings (SSSR count).